The molecule has 0 amide bonds. The Morgan fingerprint density at radius 1 is 1.33 bits per heavy atom. The molecule has 0 unspecified atom stereocenters. The third kappa shape index (κ3) is 2.16. The Hall–Kier alpha value is -1.00. The van der Waals surface area contributed by atoms with Gasteiger partial charge in [-0.3, -0.25) is 0 Å². The van der Waals surface area contributed by atoms with Crippen LogP contribution in [0, 0.1) is 17.6 Å². The van der Waals surface area contributed by atoms with Gasteiger partial charge >= 0.3 is 0 Å². The third-order valence-electron chi connectivity index (χ3n) is 2.79. The minimum atomic E-state index is -0.766. The van der Waals surface area contributed by atoms with Crippen LogP contribution in [0.5, 0.6) is 0 Å². The lowest BCUT2D eigenvalue weighted by Crippen LogP contribution is -2.28. The Morgan fingerprint density at radius 2 is 2.00 bits per heavy atom. The molecule has 0 spiro atoms. The maximum Gasteiger partial charge on any atom is 0.130 e. The first-order valence-electron chi connectivity index (χ1n) is 4.98. The van der Waals surface area contributed by atoms with Crippen molar-refractivity contribution < 1.29 is 13.9 Å². The van der Waals surface area contributed by atoms with E-state index in [1.807, 2.05) is 0 Å². The van der Waals surface area contributed by atoms with E-state index >= 15 is 0 Å². The van der Waals surface area contributed by atoms with Gasteiger partial charge in [0.15, 0.2) is 0 Å². The van der Waals surface area contributed by atoms with Gasteiger partial charge in [-0.1, -0.05) is 6.07 Å². The monoisotopic (exact) mass is 213 g/mol. The molecular weight excluding hydrogens is 200 g/mol. The van der Waals surface area contributed by atoms with Gasteiger partial charge in [-0.05, 0) is 24.8 Å². The molecule has 0 aliphatic heterocycles. The summed E-state index contributed by atoms with van der Waals surface area (Å²) in [7, 11) is 0. The van der Waals surface area contributed by atoms with Gasteiger partial charge in [-0.15, -0.1) is 0 Å². The first-order valence-corrected chi connectivity index (χ1v) is 4.98. The lowest BCUT2D eigenvalue weighted by molar-refractivity contribution is 0.121. The van der Waals surface area contributed by atoms with Crippen molar-refractivity contribution in [2.45, 2.75) is 25.0 Å². The van der Waals surface area contributed by atoms with Gasteiger partial charge in [0.25, 0.3) is 0 Å². The zero-order valence-electron chi connectivity index (χ0n) is 8.16. The molecule has 2 atom stereocenters. The second kappa shape index (κ2) is 3.87. The number of halogens is 2. The fourth-order valence-electron chi connectivity index (χ4n) is 1.69. The van der Waals surface area contributed by atoms with E-state index in [2.05, 4.69) is 0 Å². The summed E-state index contributed by atoms with van der Waals surface area (Å²) in [6.45, 7) is 0. The molecule has 0 aromatic heterocycles. The summed E-state index contributed by atoms with van der Waals surface area (Å²) in [6, 6.07) is 2.46. The van der Waals surface area contributed by atoms with Crippen molar-refractivity contribution in [2.24, 2.45) is 11.7 Å². The first kappa shape index (κ1) is 10.5. The van der Waals surface area contributed by atoms with Crippen LogP contribution >= 0.6 is 0 Å². The van der Waals surface area contributed by atoms with Crippen LogP contribution in [0.3, 0.4) is 0 Å². The van der Waals surface area contributed by atoms with E-state index < -0.39 is 23.8 Å². The Balaban J connectivity index is 2.20. The molecule has 2 rings (SSSR count). The van der Waals surface area contributed by atoms with Gasteiger partial charge < -0.3 is 10.8 Å². The van der Waals surface area contributed by atoms with Crippen molar-refractivity contribution in [2.75, 3.05) is 0 Å². The van der Waals surface area contributed by atoms with Gasteiger partial charge in [0, 0.05) is 11.6 Å². The first-order chi connectivity index (χ1) is 7.09. The molecular formula is C11H13F2NO. The van der Waals surface area contributed by atoms with Crippen LogP contribution in [-0.4, -0.2) is 11.2 Å². The molecule has 4 heteroatoms. The van der Waals surface area contributed by atoms with Crippen molar-refractivity contribution in [1.82, 2.24) is 0 Å². The van der Waals surface area contributed by atoms with Crippen LogP contribution in [0.2, 0.25) is 0 Å². The highest BCUT2D eigenvalue weighted by Crippen LogP contribution is 2.37. The molecule has 0 heterocycles. The predicted octanol–water partition coefficient (Wildman–Crippen LogP) is 1.74. The summed E-state index contributed by atoms with van der Waals surface area (Å²) < 4.78 is 26.0. The van der Waals surface area contributed by atoms with Crippen LogP contribution < -0.4 is 5.73 Å². The van der Waals surface area contributed by atoms with Crippen molar-refractivity contribution in [3.8, 4) is 0 Å². The average molecular weight is 213 g/mol. The van der Waals surface area contributed by atoms with Gasteiger partial charge in [0.05, 0.1) is 12.1 Å². The Kier molecular flexibility index (Phi) is 2.71. The lowest BCUT2D eigenvalue weighted by Gasteiger charge is -2.19. The van der Waals surface area contributed by atoms with E-state index in [0.29, 0.717) is 0 Å². The van der Waals surface area contributed by atoms with E-state index in [1.54, 1.807) is 0 Å². The highest BCUT2D eigenvalue weighted by Gasteiger charge is 2.35. The summed E-state index contributed by atoms with van der Waals surface area (Å²) in [5.74, 6) is -1.16. The van der Waals surface area contributed by atoms with Gasteiger partial charge in [0.2, 0.25) is 0 Å². The SMILES string of the molecule is N[C@@H](c1ccc(F)cc1F)[C@H](O)C1CC1. The van der Waals surface area contributed by atoms with Gasteiger partial charge in [-0.25, -0.2) is 8.78 Å². The Labute approximate surface area is 86.7 Å². The zero-order valence-corrected chi connectivity index (χ0v) is 8.16. The number of nitrogens with two attached hydrogens (primary N) is 1. The van der Waals surface area contributed by atoms with Crippen LogP contribution in [0.25, 0.3) is 0 Å². The van der Waals surface area contributed by atoms with Crippen molar-refractivity contribution in [3.63, 3.8) is 0 Å². The Bertz CT molecular complexity index is 366. The third-order valence-corrected chi connectivity index (χ3v) is 2.79. The Morgan fingerprint density at radius 3 is 2.53 bits per heavy atom. The maximum absolute atomic E-state index is 13.3. The summed E-state index contributed by atoms with van der Waals surface area (Å²) in [4.78, 5) is 0. The molecule has 0 bridgehead atoms. The number of aliphatic hydroxyl groups excluding tert-OH is 1. The van der Waals surface area contributed by atoms with Crippen molar-refractivity contribution >= 4 is 0 Å². The smallest absolute Gasteiger partial charge is 0.130 e. The van der Waals surface area contributed by atoms with Crippen LogP contribution in [0.1, 0.15) is 24.4 Å². The number of hydrogen-bond donors (Lipinski definition) is 2. The summed E-state index contributed by atoms with van der Waals surface area (Å²) >= 11 is 0. The fourth-order valence-corrected chi connectivity index (χ4v) is 1.69. The summed E-state index contributed by atoms with van der Waals surface area (Å²) in [6.07, 6.45) is 1.12. The van der Waals surface area contributed by atoms with E-state index in [0.717, 1.165) is 25.0 Å². The van der Waals surface area contributed by atoms with E-state index in [4.69, 9.17) is 5.73 Å². The quantitative estimate of drug-likeness (QED) is 0.803. The summed E-state index contributed by atoms with van der Waals surface area (Å²) in [5, 5.41) is 9.72. The van der Waals surface area contributed by atoms with Crippen LogP contribution in [0.4, 0.5) is 8.78 Å². The zero-order chi connectivity index (χ0) is 11.0. The summed E-state index contributed by atoms with van der Waals surface area (Å²) in [5.41, 5.74) is 5.89. The molecule has 3 N–H and O–H groups in total. The fraction of sp³-hybridized carbons (Fsp3) is 0.455. The van der Waals surface area contributed by atoms with Crippen LogP contribution in [-0.2, 0) is 0 Å². The molecule has 1 aromatic rings. The minimum absolute atomic E-state index is 0.171. The second-order valence-electron chi connectivity index (χ2n) is 4.02. The molecule has 2 nitrogen and oxygen atoms in total. The highest BCUT2D eigenvalue weighted by molar-refractivity contribution is 5.23. The number of hydrogen-bond acceptors (Lipinski definition) is 2. The van der Waals surface area contributed by atoms with Gasteiger partial charge in [-0.2, -0.15) is 0 Å². The number of benzene rings is 1. The molecule has 1 aliphatic rings. The second-order valence-corrected chi connectivity index (χ2v) is 4.02. The van der Waals surface area contributed by atoms with Crippen molar-refractivity contribution in [1.29, 1.82) is 0 Å². The molecule has 1 fully saturated rings. The number of aliphatic hydroxyl groups is 1. The molecule has 0 radical (unpaired) electrons. The molecule has 82 valence electrons. The number of rotatable bonds is 3. The van der Waals surface area contributed by atoms with Crippen molar-refractivity contribution in [3.05, 3.63) is 35.4 Å². The molecule has 15 heavy (non-hydrogen) atoms. The molecule has 1 aromatic carbocycles. The molecule has 1 aliphatic carbocycles. The minimum Gasteiger partial charge on any atom is -0.391 e. The van der Waals surface area contributed by atoms with E-state index in [9.17, 15) is 13.9 Å². The molecule has 1 saturated carbocycles. The highest BCUT2D eigenvalue weighted by atomic mass is 19.1. The standard InChI is InChI=1S/C11H13F2NO/c12-7-3-4-8(9(13)5-7)10(14)11(15)6-1-2-6/h3-6,10-11,15H,1-2,14H2/t10-,11+/m0/s1. The van der Waals surface area contributed by atoms with E-state index in [1.165, 1.54) is 6.07 Å². The average Bonchev–Trinajstić information content (AvgIpc) is 2.99. The maximum atomic E-state index is 13.3. The van der Waals surface area contributed by atoms with E-state index in [-0.39, 0.29) is 11.5 Å². The predicted molar refractivity (Wildman–Crippen MR) is 52.0 cm³/mol. The topological polar surface area (TPSA) is 46.2 Å². The molecule has 0 saturated heterocycles. The largest absolute Gasteiger partial charge is 0.391 e. The lowest BCUT2D eigenvalue weighted by atomic mass is 9.98. The van der Waals surface area contributed by atoms with Crippen LogP contribution in [0.15, 0.2) is 18.2 Å². The normalized spacial score (nSPS) is 20.0. The van der Waals surface area contributed by atoms with Gasteiger partial charge in [0.1, 0.15) is 11.6 Å².